The lowest BCUT2D eigenvalue weighted by Gasteiger charge is -2.35. The molecule has 140 valence electrons. The first kappa shape index (κ1) is 18.6. The Bertz CT molecular complexity index is 706. The van der Waals surface area contributed by atoms with E-state index in [9.17, 15) is 8.42 Å². The number of aryl methyl sites for hydroxylation is 2. The van der Waals surface area contributed by atoms with Crippen molar-refractivity contribution in [2.45, 2.75) is 37.7 Å². The number of ether oxygens (including phenoxy) is 2. The van der Waals surface area contributed by atoms with Crippen LogP contribution in [0.1, 0.15) is 24.0 Å². The second-order valence-electron chi connectivity index (χ2n) is 6.93. The minimum Gasteiger partial charge on any atom is -0.496 e. The van der Waals surface area contributed by atoms with Gasteiger partial charge in [0.1, 0.15) is 5.75 Å². The third kappa shape index (κ3) is 4.00. The van der Waals surface area contributed by atoms with Gasteiger partial charge in [0.05, 0.1) is 18.1 Å². The Hall–Kier alpha value is -1.15. The smallest absolute Gasteiger partial charge is 0.243 e. The number of hydrogen-bond donors (Lipinski definition) is 0. The van der Waals surface area contributed by atoms with Gasteiger partial charge in [0.25, 0.3) is 0 Å². The van der Waals surface area contributed by atoms with E-state index in [4.69, 9.17) is 9.47 Å². The van der Waals surface area contributed by atoms with Crippen molar-refractivity contribution >= 4 is 10.0 Å². The molecule has 0 radical (unpaired) electrons. The molecule has 3 rings (SSSR count). The van der Waals surface area contributed by atoms with E-state index in [-0.39, 0.29) is 0 Å². The minimum absolute atomic E-state index is 0.314. The zero-order chi connectivity index (χ0) is 18.0. The molecule has 25 heavy (non-hydrogen) atoms. The number of rotatable bonds is 5. The molecule has 2 fully saturated rings. The molecule has 7 heteroatoms. The molecule has 0 bridgehead atoms. The van der Waals surface area contributed by atoms with E-state index < -0.39 is 10.0 Å². The predicted molar refractivity (Wildman–Crippen MR) is 96.6 cm³/mol. The molecule has 1 atom stereocenters. The summed E-state index contributed by atoms with van der Waals surface area (Å²) in [5.41, 5.74) is 1.56. The molecule has 6 nitrogen and oxygen atoms in total. The quantitative estimate of drug-likeness (QED) is 0.793. The van der Waals surface area contributed by atoms with Crippen LogP contribution in [-0.4, -0.2) is 70.2 Å². The molecule has 0 N–H and O–H groups in total. The molecule has 2 saturated heterocycles. The molecule has 2 aliphatic rings. The van der Waals surface area contributed by atoms with E-state index in [0.29, 0.717) is 24.1 Å². The Morgan fingerprint density at radius 3 is 2.48 bits per heavy atom. The molecule has 1 unspecified atom stereocenters. The van der Waals surface area contributed by atoms with Gasteiger partial charge in [0.2, 0.25) is 10.0 Å². The fourth-order valence-electron chi connectivity index (χ4n) is 3.63. The van der Waals surface area contributed by atoms with Crippen molar-refractivity contribution in [3.63, 3.8) is 0 Å². The van der Waals surface area contributed by atoms with E-state index in [1.165, 1.54) is 0 Å². The van der Waals surface area contributed by atoms with E-state index >= 15 is 0 Å². The van der Waals surface area contributed by atoms with Crippen LogP contribution in [0.4, 0.5) is 0 Å². The molecule has 0 aromatic heterocycles. The van der Waals surface area contributed by atoms with Crippen LogP contribution in [0.25, 0.3) is 0 Å². The molecular formula is C18H28N2O4S. The van der Waals surface area contributed by atoms with Crippen LogP contribution in [0.15, 0.2) is 17.0 Å². The largest absolute Gasteiger partial charge is 0.496 e. The summed E-state index contributed by atoms with van der Waals surface area (Å²) in [4.78, 5) is 2.70. The van der Waals surface area contributed by atoms with Crippen LogP contribution in [0.5, 0.6) is 5.75 Å². The van der Waals surface area contributed by atoms with E-state index in [0.717, 1.165) is 56.0 Å². The summed E-state index contributed by atoms with van der Waals surface area (Å²) in [5, 5.41) is 0. The lowest BCUT2D eigenvalue weighted by molar-refractivity contribution is 0.0617. The first-order chi connectivity index (χ1) is 11.9. The molecule has 0 amide bonds. The van der Waals surface area contributed by atoms with Crippen LogP contribution < -0.4 is 4.74 Å². The zero-order valence-corrected chi connectivity index (χ0v) is 16.1. The third-order valence-electron chi connectivity index (χ3n) is 5.13. The van der Waals surface area contributed by atoms with Crippen molar-refractivity contribution < 1.29 is 17.9 Å². The maximum Gasteiger partial charge on any atom is 0.243 e. The van der Waals surface area contributed by atoms with E-state index in [2.05, 4.69) is 4.90 Å². The van der Waals surface area contributed by atoms with Crippen molar-refractivity contribution in [1.29, 1.82) is 0 Å². The number of nitrogens with zero attached hydrogens (tertiary/aromatic N) is 2. The van der Waals surface area contributed by atoms with Crippen molar-refractivity contribution in [2.24, 2.45) is 0 Å². The Kier molecular flexibility index (Phi) is 5.68. The first-order valence-electron chi connectivity index (χ1n) is 8.91. The van der Waals surface area contributed by atoms with Crippen molar-refractivity contribution in [1.82, 2.24) is 9.21 Å². The van der Waals surface area contributed by atoms with E-state index in [1.54, 1.807) is 23.5 Å². The lowest BCUT2D eigenvalue weighted by Crippen LogP contribution is -2.50. The predicted octanol–water partition coefficient (Wildman–Crippen LogP) is 1.80. The number of piperazine rings is 1. The fourth-order valence-corrected chi connectivity index (χ4v) is 5.34. The number of sulfonamides is 1. The van der Waals surface area contributed by atoms with Crippen LogP contribution in [-0.2, 0) is 14.8 Å². The molecule has 0 saturated carbocycles. The summed E-state index contributed by atoms with van der Waals surface area (Å²) in [6.07, 6.45) is 2.56. The van der Waals surface area contributed by atoms with Gasteiger partial charge >= 0.3 is 0 Å². The Balaban J connectivity index is 1.68. The standard InChI is InChI=1S/C18H28N2O4S/c1-14-12-18(15(2)11-17(14)23-3)25(21,22)20-8-6-19(7-9-20)13-16-5-4-10-24-16/h11-12,16H,4-10,13H2,1-3H3. The van der Waals surface area contributed by atoms with Gasteiger partial charge in [-0.3, -0.25) is 4.90 Å². The second-order valence-corrected chi connectivity index (χ2v) is 8.83. The monoisotopic (exact) mass is 368 g/mol. The Labute approximate surface area is 150 Å². The van der Waals surface area contributed by atoms with Crippen LogP contribution in [0, 0.1) is 13.8 Å². The van der Waals surface area contributed by atoms with Gasteiger partial charge in [-0.25, -0.2) is 8.42 Å². The van der Waals surface area contributed by atoms with Crippen LogP contribution >= 0.6 is 0 Å². The highest BCUT2D eigenvalue weighted by atomic mass is 32.2. The maximum absolute atomic E-state index is 13.1. The number of methoxy groups -OCH3 is 1. The first-order valence-corrected chi connectivity index (χ1v) is 10.3. The molecule has 1 aromatic rings. The highest BCUT2D eigenvalue weighted by Gasteiger charge is 2.31. The van der Waals surface area contributed by atoms with Gasteiger partial charge in [-0.05, 0) is 49.9 Å². The average Bonchev–Trinajstić information content (AvgIpc) is 3.10. The fraction of sp³-hybridized carbons (Fsp3) is 0.667. The average molecular weight is 368 g/mol. The van der Waals surface area contributed by atoms with Gasteiger partial charge < -0.3 is 9.47 Å². The summed E-state index contributed by atoms with van der Waals surface area (Å²) in [6.45, 7) is 8.03. The second kappa shape index (κ2) is 7.61. The highest BCUT2D eigenvalue weighted by Crippen LogP contribution is 2.28. The van der Waals surface area contributed by atoms with E-state index in [1.807, 2.05) is 13.8 Å². The van der Waals surface area contributed by atoms with Crippen molar-refractivity contribution in [3.05, 3.63) is 23.3 Å². The molecule has 2 aliphatic heterocycles. The Morgan fingerprint density at radius 2 is 1.88 bits per heavy atom. The van der Waals surface area contributed by atoms with Gasteiger partial charge in [0, 0.05) is 39.3 Å². The van der Waals surface area contributed by atoms with Crippen molar-refractivity contribution in [2.75, 3.05) is 46.4 Å². The normalized spacial score (nSPS) is 23.1. The van der Waals surface area contributed by atoms with Gasteiger partial charge in [-0.15, -0.1) is 0 Å². The summed E-state index contributed by atoms with van der Waals surface area (Å²) >= 11 is 0. The molecule has 0 aliphatic carbocycles. The summed E-state index contributed by atoms with van der Waals surface area (Å²) in [7, 11) is -1.87. The van der Waals surface area contributed by atoms with Crippen LogP contribution in [0.2, 0.25) is 0 Å². The minimum atomic E-state index is -3.47. The molecular weight excluding hydrogens is 340 g/mol. The summed E-state index contributed by atoms with van der Waals surface area (Å²) < 4.78 is 38.7. The van der Waals surface area contributed by atoms with Crippen LogP contribution in [0.3, 0.4) is 0 Å². The summed E-state index contributed by atoms with van der Waals surface area (Å²) in [5.74, 6) is 0.720. The third-order valence-corrected chi connectivity index (χ3v) is 7.17. The van der Waals surface area contributed by atoms with Gasteiger partial charge in [-0.2, -0.15) is 4.31 Å². The topological polar surface area (TPSA) is 59.1 Å². The summed E-state index contributed by atoms with van der Waals surface area (Å²) in [6, 6.07) is 3.53. The Morgan fingerprint density at radius 1 is 1.16 bits per heavy atom. The number of hydrogen-bond acceptors (Lipinski definition) is 5. The maximum atomic E-state index is 13.1. The van der Waals surface area contributed by atoms with Gasteiger partial charge in [0.15, 0.2) is 0 Å². The van der Waals surface area contributed by atoms with Crippen molar-refractivity contribution in [3.8, 4) is 5.75 Å². The molecule has 0 spiro atoms. The lowest BCUT2D eigenvalue weighted by atomic mass is 10.1. The SMILES string of the molecule is COc1cc(C)c(S(=O)(=O)N2CCN(CC3CCCO3)CC2)cc1C. The highest BCUT2D eigenvalue weighted by molar-refractivity contribution is 7.89. The number of benzene rings is 1. The zero-order valence-electron chi connectivity index (χ0n) is 15.3. The molecule has 2 heterocycles. The molecule has 1 aromatic carbocycles. The van der Waals surface area contributed by atoms with Gasteiger partial charge in [-0.1, -0.05) is 0 Å².